The van der Waals surface area contributed by atoms with Gasteiger partial charge in [0.25, 0.3) is 5.91 Å². The Morgan fingerprint density at radius 1 is 1.19 bits per heavy atom. The van der Waals surface area contributed by atoms with Crippen LogP contribution in [-0.2, 0) is 6.42 Å². The van der Waals surface area contributed by atoms with Crippen molar-refractivity contribution in [3.63, 3.8) is 0 Å². The maximum atomic E-state index is 13.3. The van der Waals surface area contributed by atoms with E-state index in [2.05, 4.69) is 34.1 Å². The van der Waals surface area contributed by atoms with Crippen molar-refractivity contribution in [2.75, 3.05) is 12.3 Å². The van der Waals surface area contributed by atoms with E-state index in [1.807, 2.05) is 18.2 Å². The van der Waals surface area contributed by atoms with Crippen LogP contribution in [0.15, 0.2) is 42.5 Å². The Bertz CT molecular complexity index is 996. The van der Waals surface area contributed by atoms with E-state index in [9.17, 15) is 4.79 Å². The fourth-order valence-electron chi connectivity index (χ4n) is 4.70. The van der Waals surface area contributed by atoms with Crippen molar-refractivity contribution < 1.29 is 4.79 Å². The molecule has 2 heterocycles. The summed E-state index contributed by atoms with van der Waals surface area (Å²) in [7, 11) is 0. The lowest BCUT2D eigenvalue weighted by molar-refractivity contribution is 0.0547. The fourth-order valence-corrected chi connectivity index (χ4v) is 5.41. The monoisotopic (exact) mass is 363 g/mol. The molecular weight excluding hydrogens is 342 g/mol. The van der Waals surface area contributed by atoms with Crippen LogP contribution in [0.3, 0.4) is 0 Å². The number of anilines is 1. The predicted molar refractivity (Wildman–Crippen MR) is 106 cm³/mol. The summed E-state index contributed by atoms with van der Waals surface area (Å²) >= 11 is 1.46. The largest absolute Gasteiger partial charge is 0.375 e. The Morgan fingerprint density at radius 3 is 3.00 bits per heavy atom. The molecule has 1 aromatic heterocycles. The Morgan fingerprint density at radius 2 is 2.08 bits per heavy atom. The van der Waals surface area contributed by atoms with Crippen LogP contribution >= 0.6 is 11.3 Å². The number of fused-ring (bicyclic) bond motifs is 4. The molecule has 0 radical (unpaired) electrons. The van der Waals surface area contributed by atoms with Crippen molar-refractivity contribution in [3.8, 4) is 0 Å². The zero-order valence-corrected chi connectivity index (χ0v) is 15.3. The first-order valence-corrected chi connectivity index (χ1v) is 10.1. The lowest BCUT2D eigenvalue weighted by Crippen LogP contribution is -2.49. The van der Waals surface area contributed by atoms with E-state index in [1.165, 1.54) is 28.9 Å². The zero-order chi connectivity index (χ0) is 17.7. The van der Waals surface area contributed by atoms with Gasteiger partial charge < -0.3 is 10.6 Å². The summed E-state index contributed by atoms with van der Waals surface area (Å²) in [5.74, 6) is 0.601. The standard InChI is InChI=1S/C21H21N3OS/c22-21-23-17-12-14(8-10-19(17)26-21)20(25)24-11-3-6-16-15-5-2-1-4-13(15)7-9-18(16)24/h1-2,4-5,8,10,12,16,18H,3,6-7,9,11H2,(H2,22,23)/t16-,18+/m0/s1. The van der Waals surface area contributed by atoms with Gasteiger partial charge in [-0.3, -0.25) is 4.79 Å². The molecule has 1 fully saturated rings. The number of nitrogen functional groups attached to an aromatic ring is 1. The first-order valence-electron chi connectivity index (χ1n) is 9.25. The van der Waals surface area contributed by atoms with Gasteiger partial charge in [0.05, 0.1) is 10.2 Å². The topological polar surface area (TPSA) is 59.2 Å². The van der Waals surface area contributed by atoms with Crippen LogP contribution in [0.25, 0.3) is 10.2 Å². The second-order valence-corrected chi connectivity index (χ2v) is 8.35. The molecule has 5 rings (SSSR count). The van der Waals surface area contributed by atoms with Crippen molar-refractivity contribution >= 4 is 32.6 Å². The SMILES string of the molecule is Nc1nc2cc(C(=O)N3CCC[C@H]4c5ccccc5CC[C@H]43)ccc2s1. The molecule has 1 aliphatic heterocycles. The van der Waals surface area contributed by atoms with E-state index in [4.69, 9.17) is 5.73 Å². The van der Waals surface area contributed by atoms with E-state index >= 15 is 0 Å². The molecule has 3 aromatic rings. The molecule has 2 aliphatic rings. The summed E-state index contributed by atoms with van der Waals surface area (Å²) in [5.41, 5.74) is 10.3. The van der Waals surface area contributed by atoms with Crippen LogP contribution in [0.2, 0.25) is 0 Å². The van der Waals surface area contributed by atoms with Gasteiger partial charge in [0.2, 0.25) is 0 Å². The number of likely N-dealkylation sites (tertiary alicyclic amines) is 1. The summed E-state index contributed by atoms with van der Waals surface area (Å²) in [6, 6.07) is 14.8. The van der Waals surface area contributed by atoms with Crippen molar-refractivity contribution in [3.05, 3.63) is 59.2 Å². The number of hydrogen-bond donors (Lipinski definition) is 1. The number of carbonyl (C=O) groups excluding carboxylic acids is 1. The van der Waals surface area contributed by atoms with Crippen LogP contribution in [0, 0.1) is 0 Å². The van der Waals surface area contributed by atoms with Crippen molar-refractivity contribution in [1.29, 1.82) is 0 Å². The van der Waals surface area contributed by atoms with Gasteiger partial charge in [0.1, 0.15) is 0 Å². The van der Waals surface area contributed by atoms with Gasteiger partial charge in [0, 0.05) is 24.1 Å². The second kappa shape index (κ2) is 6.09. The molecule has 0 saturated carbocycles. The number of thiazole rings is 1. The molecule has 1 saturated heterocycles. The first kappa shape index (κ1) is 15.8. The van der Waals surface area contributed by atoms with Gasteiger partial charge >= 0.3 is 0 Å². The third-order valence-electron chi connectivity index (χ3n) is 5.85. The molecule has 26 heavy (non-hydrogen) atoms. The van der Waals surface area contributed by atoms with Gasteiger partial charge in [-0.25, -0.2) is 4.98 Å². The van der Waals surface area contributed by atoms with Crippen LogP contribution in [0.5, 0.6) is 0 Å². The van der Waals surface area contributed by atoms with Crippen LogP contribution < -0.4 is 5.73 Å². The van der Waals surface area contributed by atoms with Crippen LogP contribution in [0.1, 0.15) is 46.7 Å². The highest BCUT2D eigenvalue weighted by Gasteiger charge is 2.38. The maximum Gasteiger partial charge on any atom is 0.254 e. The van der Waals surface area contributed by atoms with Gasteiger partial charge in [-0.05, 0) is 55.0 Å². The molecular formula is C21H21N3OS. The van der Waals surface area contributed by atoms with E-state index < -0.39 is 0 Å². The number of nitrogens with two attached hydrogens (primary N) is 1. The molecule has 5 heteroatoms. The molecule has 0 spiro atoms. The molecule has 0 unspecified atom stereocenters. The minimum absolute atomic E-state index is 0.132. The number of aryl methyl sites for hydroxylation is 1. The summed E-state index contributed by atoms with van der Waals surface area (Å²) in [4.78, 5) is 19.7. The molecule has 2 atom stereocenters. The number of hydrogen-bond acceptors (Lipinski definition) is 4. The van der Waals surface area contributed by atoms with Gasteiger partial charge in [-0.2, -0.15) is 0 Å². The molecule has 1 amide bonds. The second-order valence-electron chi connectivity index (χ2n) is 7.29. The average Bonchev–Trinajstić information content (AvgIpc) is 3.06. The molecule has 2 N–H and O–H groups in total. The number of amides is 1. The maximum absolute atomic E-state index is 13.3. The van der Waals surface area contributed by atoms with Crippen LogP contribution in [0.4, 0.5) is 5.13 Å². The average molecular weight is 363 g/mol. The number of aromatic nitrogens is 1. The number of rotatable bonds is 1. The number of benzene rings is 2. The highest BCUT2D eigenvalue weighted by molar-refractivity contribution is 7.22. The number of piperidine rings is 1. The normalized spacial score (nSPS) is 22.1. The lowest BCUT2D eigenvalue weighted by Gasteiger charge is -2.45. The quantitative estimate of drug-likeness (QED) is 0.704. The summed E-state index contributed by atoms with van der Waals surface area (Å²) < 4.78 is 1.03. The zero-order valence-electron chi connectivity index (χ0n) is 14.5. The lowest BCUT2D eigenvalue weighted by atomic mass is 9.74. The van der Waals surface area contributed by atoms with Crippen molar-refractivity contribution in [1.82, 2.24) is 9.88 Å². The Labute approximate surface area is 156 Å². The highest BCUT2D eigenvalue weighted by atomic mass is 32.1. The van der Waals surface area contributed by atoms with Crippen LogP contribution in [-0.4, -0.2) is 28.4 Å². The molecule has 132 valence electrons. The van der Waals surface area contributed by atoms with Crippen molar-refractivity contribution in [2.24, 2.45) is 0 Å². The predicted octanol–water partition coefficient (Wildman–Crippen LogP) is 4.21. The Hall–Kier alpha value is -2.40. The fraction of sp³-hybridized carbons (Fsp3) is 0.333. The first-order chi connectivity index (χ1) is 12.7. The van der Waals surface area contributed by atoms with E-state index in [-0.39, 0.29) is 5.91 Å². The van der Waals surface area contributed by atoms with Gasteiger partial charge in [0.15, 0.2) is 5.13 Å². The van der Waals surface area contributed by atoms with E-state index in [0.29, 0.717) is 17.1 Å². The minimum Gasteiger partial charge on any atom is -0.375 e. The van der Waals surface area contributed by atoms with E-state index in [0.717, 1.165) is 41.6 Å². The number of nitrogens with zero attached hydrogens (tertiary/aromatic N) is 2. The van der Waals surface area contributed by atoms with Gasteiger partial charge in [-0.1, -0.05) is 35.6 Å². The third kappa shape index (κ3) is 2.50. The third-order valence-corrected chi connectivity index (χ3v) is 6.72. The Balaban J connectivity index is 1.48. The smallest absolute Gasteiger partial charge is 0.254 e. The summed E-state index contributed by atoms with van der Waals surface area (Å²) in [5, 5.41) is 0.548. The molecule has 4 nitrogen and oxygen atoms in total. The van der Waals surface area contributed by atoms with Crippen molar-refractivity contribution in [2.45, 2.75) is 37.6 Å². The molecule has 0 bridgehead atoms. The molecule has 1 aliphatic carbocycles. The van der Waals surface area contributed by atoms with Gasteiger partial charge in [-0.15, -0.1) is 0 Å². The number of carbonyl (C=O) groups is 1. The Kier molecular flexibility index (Phi) is 3.71. The highest BCUT2D eigenvalue weighted by Crippen LogP contribution is 2.41. The summed E-state index contributed by atoms with van der Waals surface area (Å²) in [6.07, 6.45) is 4.35. The summed E-state index contributed by atoms with van der Waals surface area (Å²) in [6.45, 7) is 0.847. The molecule has 2 aromatic carbocycles. The van der Waals surface area contributed by atoms with E-state index in [1.54, 1.807) is 0 Å². The minimum atomic E-state index is 0.132.